The van der Waals surface area contributed by atoms with Gasteiger partial charge >= 0.3 is 5.97 Å². The fourth-order valence-electron chi connectivity index (χ4n) is 2.54. The maximum atomic E-state index is 12.8. The Balaban J connectivity index is 2.06. The van der Waals surface area contributed by atoms with E-state index >= 15 is 0 Å². The van der Waals surface area contributed by atoms with E-state index in [-0.39, 0.29) is 22.9 Å². The van der Waals surface area contributed by atoms with E-state index in [2.05, 4.69) is 9.88 Å². The average molecular weight is 486 g/mol. The van der Waals surface area contributed by atoms with Crippen molar-refractivity contribution < 1.29 is 27.4 Å². The molecule has 0 bridgehead atoms. The summed E-state index contributed by atoms with van der Waals surface area (Å²) in [5, 5.41) is 15.1. The van der Waals surface area contributed by atoms with Crippen molar-refractivity contribution in [2.75, 3.05) is 11.3 Å². The highest BCUT2D eigenvalue weighted by molar-refractivity contribution is 7.92. The van der Waals surface area contributed by atoms with E-state index in [4.69, 9.17) is 32.5 Å². The van der Waals surface area contributed by atoms with Crippen LogP contribution >= 0.6 is 23.2 Å². The number of nitro benzene ring substituents is 1. The van der Waals surface area contributed by atoms with E-state index in [9.17, 15) is 23.3 Å². The minimum atomic E-state index is -4.41. The summed E-state index contributed by atoms with van der Waals surface area (Å²) in [4.78, 5) is 22.3. The van der Waals surface area contributed by atoms with Gasteiger partial charge in [0.15, 0.2) is 5.56 Å². The van der Waals surface area contributed by atoms with Crippen LogP contribution in [0.25, 0.3) is 11.3 Å². The highest BCUT2D eigenvalue weighted by atomic mass is 35.5. The number of benzene rings is 2. The van der Waals surface area contributed by atoms with Gasteiger partial charge in [0, 0.05) is 16.7 Å². The number of rotatable bonds is 7. The number of ether oxygens (including phenoxy) is 1. The molecule has 3 rings (SSSR count). The fourth-order valence-corrected chi connectivity index (χ4v) is 3.87. The molecule has 31 heavy (non-hydrogen) atoms. The molecule has 0 atom stereocenters. The zero-order valence-electron chi connectivity index (χ0n) is 15.7. The van der Waals surface area contributed by atoms with Crippen molar-refractivity contribution in [3.63, 3.8) is 0 Å². The summed E-state index contributed by atoms with van der Waals surface area (Å²) >= 11 is 11.6. The third kappa shape index (κ3) is 4.79. The van der Waals surface area contributed by atoms with E-state index in [1.807, 2.05) is 0 Å². The number of nitrogens with zero attached hydrogens (tertiary/aromatic N) is 2. The lowest BCUT2D eigenvalue weighted by Crippen LogP contribution is -2.16. The van der Waals surface area contributed by atoms with Gasteiger partial charge < -0.3 is 9.26 Å². The van der Waals surface area contributed by atoms with Crippen molar-refractivity contribution in [2.45, 2.75) is 11.8 Å². The Bertz CT molecular complexity index is 1260. The largest absolute Gasteiger partial charge is 0.462 e. The summed E-state index contributed by atoms with van der Waals surface area (Å²) in [6.07, 6.45) is 0. The summed E-state index contributed by atoms with van der Waals surface area (Å²) in [7, 11) is -4.41. The van der Waals surface area contributed by atoms with Crippen LogP contribution in [-0.2, 0) is 14.8 Å². The number of nitrogens with one attached hydrogen (secondary N) is 1. The minimum absolute atomic E-state index is 0.0135. The number of hydrogen-bond acceptors (Lipinski definition) is 8. The Morgan fingerprint density at radius 2 is 1.90 bits per heavy atom. The van der Waals surface area contributed by atoms with E-state index in [0.717, 1.165) is 18.2 Å². The van der Waals surface area contributed by atoms with E-state index in [1.54, 1.807) is 31.2 Å². The molecule has 10 nitrogen and oxygen atoms in total. The van der Waals surface area contributed by atoms with Crippen LogP contribution in [0.3, 0.4) is 0 Å². The van der Waals surface area contributed by atoms with Crippen LogP contribution in [0, 0.1) is 10.1 Å². The zero-order valence-corrected chi connectivity index (χ0v) is 18.0. The first-order valence-corrected chi connectivity index (χ1v) is 10.8. The molecule has 13 heteroatoms. The molecule has 1 aromatic heterocycles. The molecule has 0 spiro atoms. The van der Waals surface area contributed by atoms with Gasteiger partial charge in [0.1, 0.15) is 10.7 Å². The molecule has 0 aliphatic heterocycles. The normalized spacial score (nSPS) is 11.2. The summed E-state index contributed by atoms with van der Waals surface area (Å²) in [6, 6.07) is 9.14. The van der Waals surface area contributed by atoms with Crippen molar-refractivity contribution >= 4 is 50.8 Å². The second-order valence-corrected chi connectivity index (χ2v) is 8.46. The molecule has 0 fully saturated rings. The monoisotopic (exact) mass is 485 g/mol. The van der Waals surface area contributed by atoms with E-state index in [0.29, 0.717) is 10.6 Å². The molecule has 0 aliphatic carbocycles. The SMILES string of the molecule is CCOC(=O)c1c(-c2ccc(Cl)cc2)noc1NS(=O)(=O)c1ccc(Cl)c([N+](=O)[O-])c1. The number of hydrogen-bond donors (Lipinski definition) is 1. The van der Waals surface area contributed by atoms with Gasteiger partial charge in [-0.2, -0.15) is 0 Å². The van der Waals surface area contributed by atoms with Crippen LogP contribution < -0.4 is 4.72 Å². The Hall–Kier alpha value is -3.15. The Kier molecular flexibility index (Phi) is 6.48. The van der Waals surface area contributed by atoms with Gasteiger partial charge in [-0.1, -0.05) is 40.5 Å². The highest BCUT2D eigenvalue weighted by Gasteiger charge is 2.30. The van der Waals surface area contributed by atoms with Crippen molar-refractivity contribution in [1.29, 1.82) is 0 Å². The van der Waals surface area contributed by atoms with Gasteiger partial charge in [-0.15, -0.1) is 0 Å². The molecule has 0 radical (unpaired) electrons. The second-order valence-electron chi connectivity index (χ2n) is 5.94. The predicted octanol–water partition coefficient (Wildman–Crippen LogP) is 4.53. The molecule has 0 amide bonds. The van der Waals surface area contributed by atoms with Gasteiger partial charge in [0.2, 0.25) is 0 Å². The van der Waals surface area contributed by atoms with Crippen LogP contribution in [0.15, 0.2) is 51.9 Å². The number of anilines is 1. The molecule has 0 unspecified atom stereocenters. The lowest BCUT2D eigenvalue weighted by molar-refractivity contribution is -0.384. The summed E-state index contributed by atoms with van der Waals surface area (Å²) in [6.45, 7) is 1.59. The number of carbonyl (C=O) groups is 1. The lowest BCUT2D eigenvalue weighted by atomic mass is 10.1. The quantitative estimate of drug-likeness (QED) is 0.292. The van der Waals surface area contributed by atoms with Gasteiger partial charge in [0.25, 0.3) is 21.6 Å². The van der Waals surface area contributed by atoms with Gasteiger partial charge in [-0.3, -0.25) is 10.1 Å². The van der Waals surface area contributed by atoms with Crippen molar-refractivity contribution in [1.82, 2.24) is 5.16 Å². The number of halogens is 2. The van der Waals surface area contributed by atoms with Gasteiger partial charge in [-0.05, 0) is 31.2 Å². The summed E-state index contributed by atoms with van der Waals surface area (Å²) in [5.74, 6) is -1.39. The summed E-state index contributed by atoms with van der Waals surface area (Å²) < 4.78 is 37.7. The van der Waals surface area contributed by atoms with Crippen LogP contribution in [0.1, 0.15) is 17.3 Å². The van der Waals surface area contributed by atoms with E-state index in [1.165, 1.54) is 0 Å². The number of carbonyl (C=O) groups excluding carboxylic acids is 1. The molecule has 2 aromatic carbocycles. The maximum absolute atomic E-state index is 12.8. The molecule has 0 aliphatic rings. The molecule has 0 saturated heterocycles. The molecule has 1 heterocycles. The van der Waals surface area contributed by atoms with Crippen molar-refractivity contribution in [3.8, 4) is 11.3 Å². The molecule has 1 N–H and O–H groups in total. The first kappa shape index (κ1) is 22.5. The number of aromatic nitrogens is 1. The molecular formula is C18H13Cl2N3O7S. The minimum Gasteiger partial charge on any atom is -0.462 e. The first-order chi connectivity index (χ1) is 14.6. The fraction of sp³-hybridized carbons (Fsp3) is 0.111. The smallest absolute Gasteiger partial charge is 0.346 e. The highest BCUT2D eigenvalue weighted by Crippen LogP contribution is 2.33. The van der Waals surface area contributed by atoms with Crippen molar-refractivity contribution in [3.05, 3.63) is 68.2 Å². The topological polar surface area (TPSA) is 142 Å². The molecule has 162 valence electrons. The van der Waals surface area contributed by atoms with Crippen LogP contribution in [-0.4, -0.2) is 31.1 Å². The average Bonchev–Trinajstić information content (AvgIpc) is 3.11. The predicted molar refractivity (Wildman–Crippen MR) is 112 cm³/mol. The molecular weight excluding hydrogens is 473 g/mol. The number of esters is 1. The maximum Gasteiger partial charge on any atom is 0.346 e. The van der Waals surface area contributed by atoms with Crippen LogP contribution in [0.5, 0.6) is 0 Å². The number of nitro groups is 1. The van der Waals surface area contributed by atoms with Crippen LogP contribution in [0.2, 0.25) is 10.0 Å². The first-order valence-electron chi connectivity index (χ1n) is 8.53. The zero-order chi connectivity index (χ0) is 22.8. The number of sulfonamides is 1. The standard InChI is InChI=1S/C18H13Cl2N3O7S/c1-2-29-18(24)15-16(10-3-5-11(19)6-4-10)21-30-17(15)22-31(27,28)12-7-8-13(20)14(9-12)23(25)26/h3-9,22H,2H2,1H3. The second kappa shape index (κ2) is 8.92. The Morgan fingerprint density at radius 1 is 1.23 bits per heavy atom. The third-order valence-electron chi connectivity index (χ3n) is 3.94. The lowest BCUT2D eigenvalue weighted by Gasteiger charge is -2.08. The Morgan fingerprint density at radius 3 is 2.52 bits per heavy atom. The van der Waals surface area contributed by atoms with Gasteiger partial charge in [0.05, 0.1) is 16.4 Å². The van der Waals surface area contributed by atoms with E-state index < -0.39 is 37.4 Å². The molecule has 0 saturated carbocycles. The summed E-state index contributed by atoms with van der Waals surface area (Å²) in [5.41, 5.74) is -0.426. The van der Waals surface area contributed by atoms with Crippen LogP contribution in [0.4, 0.5) is 11.6 Å². The van der Waals surface area contributed by atoms with Crippen molar-refractivity contribution in [2.24, 2.45) is 0 Å². The Labute approximate surface area is 185 Å². The van der Waals surface area contributed by atoms with Gasteiger partial charge in [-0.25, -0.2) is 17.9 Å². The molecule has 3 aromatic rings. The third-order valence-corrected chi connectivity index (χ3v) is 5.84.